The lowest BCUT2D eigenvalue weighted by molar-refractivity contribution is 0.186. The molecule has 1 aliphatic rings. The van der Waals surface area contributed by atoms with Crippen LogP contribution in [0.15, 0.2) is 0 Å². The molecule has 2 heterocycles. The maximum atomic E-state index is 12.2. The highest BCUT2D eigenvalue weighted by molar-refractivity contribution is 7.85. The summed E-state index contributed by atoms with van der Waals surface area (Å²) in [5, 5.41) is 4.05. The molecule has 0 saturated carbocycles. The summed E-state index contributed by atoms with van der Waals surface area (Å²) in [6, 6.07) is 0.174. The molecule has 0 spiro atoms. The zero-order chi connectivity index (χ0) is 16.1. The molecule has 22 heavy (non-hydrogen) atoms. The first-order chi connectivity index (χ1) is 10.5. The van der Waals surface area contributed by atoms with Crippen LogP contribution in [0.1, 0.15) is 35.3 Å². The first-order valence-electron chi connectivity index (χ1n) is 7.82. The maximum absolute atomic E-state index is 12.2. The quantitative estimate of drug-likeness (QED) is 0.891. The highest BCUT2D eigenvalue weighted by atomic mass is 32.2. The normalized spacial score (nSPS) is 21.6. The molecule has 1 aromatic rings. The first kappa shape index (κ1) is 17.4. The molecule has 1 N–H and O–H groups in total. The minimum Gasteiger partial charge on any atom is -0.338 e. The molecule has 1 fully saturated rings. The van der Waals surface area contributed by atoms with E-state index < -0.39 is 10.8 Å². The van der Waals surface area contributed by atoms with Crippen molar-refractivity contribution in [3.05, 3.63) is 15.6 Å². The standard InChI is InChI=1S/C15H25N3O2S2/c1-4-13-11(2)21-14(17-13)5-8-16-15(19)18(3)12-6-9-22(20)10-7-12/h12H,4-10H2,1-3H3,(H,16,19). The first-order valence-corrected chi connectivity index (χ1v) is 10.1. The molecule has 0 aromatic carbocycles. The lowest BCUT2D eigenvalue weighted by Crippen LogP contribution is -2.46. The Kier molecular flexibility index (Phi) is 6.37. The number of aryl methyl sites for hydroxylation is 2. The molecular formula is C15H25N3O2S2. The van der Waals surface area contributed by atoms with Crippen LogP contribution in [0.4, 0.5) is 4.79 Å². The molecule has 1 aromatic heterocycles. The van der Waals surface area contributed by atoms with Gasteiger partial charge < -0.3 is 10.2 Å². The van der Waals surface area contributed by atoms with Crippen LogP contribution in [-0.4, -0.2) is 51.3 Å². The van der Waals surface area contributed by atoms with Gasteiger partial charge in [-0.25, -0.2) is 9.78 Å². The summed E-state index contributed by atoms with van der Waals surface area (Å²) >= 11 is 1.72. The zero-order valence-corrected chi connectivity index (χ0v) is 15.2. The topological polar surface area (TPSA) is 62.3 Å². The molecule has 2 amide bonds. The van der Waals surface area contributed by atoms with Crippen molar-refractivity contribution in [3.63, 3.8) is 0 Å². The number of nitrogens with one attached hydrogen (secondary N) is 1. The number of hydrogen-bond acceptors (Lipinski definition) is 4. The van der Waals surface area contributed by atoms with Crippen molar-refractivity contribution in [1.82, 2.24) is 15.2 Å². The van der Waals surface area contributed by atoms with E-state index in [1.807, 2.05) is 7.05 Å². The fourth-order valence-corrected chi connectivity index (χ4v) is 4.95. The van der Waals surface area contributed by atoms with E-state index in [1.165, 1.54) is 10.6 Å². The van der Waals surface area contributed by atoms with Gasteiger partial charge in [-0.05, 0) is 26.2 Å². The minimum atomic E-state index is -0.687. The van der Waals surface area contributed by atoms with Crippen LogP contribution in [0.3, 0.4) is 0 Å². The van der Waals surface area contributed by atoms with Gasteiger partial charge in [0, 0.05) is 53.2 Å². The van der Waals surface area contributed by atoms with Gasteiger partial charge in [0.25, 0.3) is 0 Å². The molecule has 0 unspecified atom stereocenters. The summed E-state index contributed by atoms with van der Waals surface area (Å²) in [7, 11) is 1.14. The summed E-state index contributed by atoms with van der Waals surface area (Å²) < 4.78 is 11.4. The predicted octanol–water partition coefficient (Wildman–Crippen LogP) is 2.11. The zero-order valence-electron chi connectivity index (χ0n) is 13.6. The molecule has 2 rings (SSSR count). The van der Waals surface area contributed by atoms with E-state index in [-0.39, 0.29) is 12.1 Å². The van der Waals surface area contributed by atoms with Crippen molar-refractivity contribution in [2.45, 2.75) is 45.6 Å². The van der Waals surface area contributed by atoms with Crippen molar-refractivity contribution in [2.24, 2.45) is 0 Å². The highest BCUT2D eigenvalue weighted by Crippen LogP contribution is 2.18. The van der Waals surface area contributed by atoms with E-state index in [0.29, 0.717) is 18.1 Å². The number of rotatable bonds is 5. The number of carbonyl (C=O) groups is 1. The average molecular weight is 344 g/mol. The highest BCUT2D eigenvalue weighted by Gasteiger charge is 2.24. The smallest absolute Gasteiger partial charge is 0.317 e. The van der Waals surface area contributed by atoms with Gasteiger partial charge in [0.05, 0.1) is 10.7 Å². The molecule has 1 aliphatic heterocycles. The number of amides is 2. The molecule has 0 bridgehead atoms. The number of carbonyl (C=O) groups excluding carboxylic acids is 1. The van der Waals surface area contributed by atoms with Crippen LogP contribution in [-0.2, 0) is 23.6 Å². The van der Waals surface area contributed by atoms with Crippen LogP contribution in [0.25, 0.3) is 0 Å². The molecule has 1 saturated heterocycles. The molecule has 5 nitrogen and oxygen atoms in total. The Morgan fingerprint density at radius 1 is 1.45 bits per heavy atom. The molecular weight excluding hydrogens is 318 g/mol. The second-order valence-corrected chi connectivity index (χ2v) is 8.62. The Bertz CT molecular complexity index is 535. The van der Waals surface area contributed by atoms with Gasteiger partial charge in [-0.1, -0.05) is 6.92 Å². The number of thiazole rings is 1. The third-order valence-electron chi connectivity index (χ3n) is 4.11. The van der Waals surface area contributed by atoms with Crippen molar-refractivity contribution in [2.75, 3.05) is 25.1 Å². The van der Waals surface area contributed by atoms with Crippen LogP contribution >= 0.6 is 11.3 Å². The summed E-state index contributed by atoms with van der Waals surface area (Å²) in [4.78, 5) is 19.8. The third kappa shape index (κ3) is 4.52. The Morgan fingerprint density at radius 3 is 2.73 bits per heavy atom. The maximum Gasteiger partial charge on any atom is 0.317 e. The Hall–Kier alpha value is -0.950. The summed E-state index contributed by atoms with van der Waals surface area (Å²) in [6.45, 7) is 4.82. The van der Waals surface area contributed by atoms with Crippen molar-refractivity contribution in [1.29, 1.82) is 0 Å². The van der Waals surface area contributed by atoms with Crippen molar-refractivity contribution in [3.8, 4) is 0 Å². The summed E-state index contributed by atoms with van der Waals surface area (Å²) in [5.41, 5.74) is 1.17. The lowest BCUT2D eigenvalue weighted by Gasteiger charge is -2.30. The summed E-state index contributed by atoms with van der Waals surface area (Å²) in [5.74, 6) is 1.42. The van der Waals surface area contributed by atoms with E-state index in [4.69, 9.17) is 0 Å². The monoisotopic (exact) mass is 343 g/mol. The Balaban J connectivity index is 1.75. The van der Waals surface area contributed by atoms with Crippen LogP contribution in [0.2, 0.25) is 0 Å². The molecule has 0 radical (unpaired) electrons. The van der Waals surface area contributed by atoms with Crippen molar-refractivity contribution < 1.29 is 9.00 Å². The predicted molar refractivity (Wildman–Crippen MR) is 92.0 cm³/mol. The van der Waals surface area contributed by atoms with Gasteiger partial charge in [-0.3, -0.25) is 4.21 Å². The number of urea groups is 1. The molecule has 124 valence electrons. The van der Waals surface area contributed by atoms with Gasteiger partial charge in [0.15, 0.2) is 0 Å². The van der Waals surface area contributed by atoms with E-state index in [9.17, 15) is 9.00 Å². The Morgan fingerprint density at radius 2 is 2.14 bits per heavy atom. The second-order valence-electron chi connectivity index (χ2n) is 5.64. The van der Waals surface area contributed by atoms with Crippen LogP contribution < -0.4 is 5.32 Å². The van der Waals surface area contributed by atoms with Gasteiger partial charge in [-0.15, -0.1) is 11.3 Å². The Labute approximate surface area is 139 Å². The van der Waals surface area contributed by atoms with E-state index in [0.717, 1.165) is 30.7 Å². The number of nitrogens with zero attached hydrogens (tertiary/aromatic N) is 2. The molecule has 0 aliphatic carbocycles. The average Bonchev–Trinajstić information content (AvgIpc) is 2.87. The number of aromatic nitrogens is 1. The third-order valence-corrected chi connectivity index (χ3v) is 6.57. The molecule has 0 atom stereocenters. The lowest BCUT2D eigenvalue weighted by atomic mass is 10.1. The SMILES string of the molecule is CCc1nc(CCNC(=O)N(C)C2CCS(=O)CC2)sc1C. The van der Waals surface area contributed by atoms with Gasteiger partial charge >= 0.3 is 6.03 Å². The second kappa shape index (κ2) is 8.06. The van der Waals surface area contributed by atoms with Gasteiger partial charge in [-0.2, -0.15) is 0 Å². The minimum absolute atomic E-state index is 0.0401. The van der Waals surface area contributed by atoms with Crippen LogP contribution in [0, 0.1) is 6.92 Å². The number of hydrogen-bond donors (Lipinski definition) is 1. The molecule has 7 heteroatoms. The van der Waals surface area contributed by atoms with E-state index in [1.54, 1.807) is 16.2 Å². The summed E-state index contributed by atoms with van der Waals surface area (Å²) in [6.07, 6.45) is 3.41. The van der Waals surface area contributed by atoms with Gasteiger partial charge in [0.1, 0.15) is 0 Å². The largest absolute Gasteiger partial charge is 0.338 e. The van der Waals surface area contributed by atoms with E-state index >= 15 is 0 Å². The van der Waals surface area contributed by atoms with E-state index in [2.05, 4.69) is 24.1 Å². The fourth-order valence-electron chi connectivity index (χ4n) is 2.66. The van der Waals surface area contributed by atoms with Crippen molar-refractivity contribution >= 4 is 28.2 Å². The fraction of sp³-hybridized carbons (Fsp3) is 0.733. The van der Waals surface area contributed by atoms with Crippen LogP contribution in [0.5, 0.6) is 0 Å². The van der Waals surface area contributed by atoms with Gasteiger partial charge in [0.2, 0.25) is 0 Å².